The quantitative estimate of drug-likeness (QED) is 0.199. The van der Waals surface area contributed by atoms with E-state index in [1.807, 2.05) is 0 Å². The highest BCUT2D eigenvalue weighted by Crippen LogP contribution is 2.34. The van der Waals surface area contributed by atoms with Crippen LogP contribution in [0.3, 0.4) is 0 Å². The number of para-hydroxylation sites is 1. The SMILES string of the molecule is CC1(C)OC[C@H]2O[C@@H](OCCc3cn(S(=O)(=O)c4ccccc4)c4ccccc34)[C@H](NC(=O)c3cc([N+](=O)[O-])ccc3F)[C@@H](O)[C@@H]2O1. The lowest BCUT2D eigenvalue weighted by molar-refractivity contribution is -0.384. The molecule has 2 aliphatic heterocycles. The maximum Gasteiger partial charge on any atom is 0.270 e. The van der Waals surface area contributed by atoms with Crippen LogP contribution in [0.4, 0.5) is 10.1 Å². The number of rotatable bonds is 9. The normalized spacial score (nSPS) is 24.0. The molecule has 3 heterocycles. The Morgan fingerprint density at radius 3 is 2.62 bits per heavy atom. The molecule has 6 rings (SSSR count). The van der Waals surface area contributed by atoms with E-state index in [4.69, 9.17) is 18.9 Å². The molecule has 1 aromatic heterocycles. The standard InChI is InChI=1S/C32H32FN3O10S/c1-32(2)44-18-26-29(46-32)28(37)27(34-30(38)23-16-20(36(39)40)12-13-24(23)33)31(45-26)43-15-14-19-17-35(25-11-7-6-10-22(19)25)47(41,42)21-8-4-3-5-9-21/h3-13,16-17,26-29,31,37H,14-15,18H2,1-2H3,(H,34,38)/t26-,27-,28-,29-,31-/m1/s1. The second-order valence-corrected chi connectivity index (χ2v) is 13.5. The highest BCUT2D eigenvalue weighted by molar-refractivity contribution is 7.90. The van der Waals surface area contributed by atoms with Crippen LogP contribution in [0.5, 0.6) is 0 Å². The second-order valence-electron chi connectivity index (χ2n) is 11.7. The van der Waals surface area contributed by atoms with Gasteiger partial charge in [-0.3, -0.25) is 14.9 Å². The number of aromatic nitrogens is 1. The molecule has 0 unspecified atom stereocenters. The number of aliphatic hydroxyl groups is 1. The maximum absolute atomic E-state index is 14.6. The first-order chi connectivity index (χ1) is 22.4. The highest BCUT2D eigenvalue weighted by Gasteiger charge is 2.51. The Balaban J connectivity index is 1.25. The summed E-state index contributed by atoms with van der Waals surface area (Å²) in [6, 6.07) is 16.3. The third-order valence-corrected chi connectivity index (χ3v) is 9.79. The number of amides is 1. The van der Waals surface area contributed by atoms with Gasteiger partial charge < -0.3 is 29.4 Å². The number of ether oxygens (including phenoxy) is 4. The number of halogens is 1. The first-order valence-electron chi connectivity index (χ1n) is 14.8. The summed E-state index contributed by atoms with van der Waals surface area (Å²) in [5.41, 5.74) is 0.0298. The Labute approximate surface area is 269 Å². The number of nitro groups is 1. The van der Waals surface area contributed by atoms with Gasteiger partial charge in [-0.2, -0.15) is 0 Å². The van der Waals surface area contributed by atoms with Gasteiger partial charge in [-0.25, -0.2) is 16.8 Å². The van der Waals surface area contributed by atoms with Crippen molar-refractivity contribution in [2.45, 2.75) is 61.6 Å². The van der Waals surface area contributed by atoms with E-state index < -0.39 is 74.4 Å². The van der Waals surface area contributed by atoms with E-state index in [0.29, 0.717) is 16.5 Å². The van der Waals surface area contributed by atoms with E-state index in [0.717, 1.165) is 18.2 Å². The van der Waals surface area contributed by atoms with Crippen molar-refractivity contribution in [3.05, 3.63) is 106 Å². The van der Waals surface area contributed by atoms with Crippen LogP contribution in [0, 0.1) is 15.9 Å². The predicted molar refractivity (Wildman–Crippen MR) is 165 cm³/mol. The summed E-state index contributed by atoms with van der Waals surface area (Å²) in [4.78, 5) is 23.8. The van der Waals surface area contributed by atoms with Gasteiger partial charge in [0.25, 0.3) is 21.6 Å². The van der Waals surface area contributed by atoms with Crippen molar-refractivity contribution in [2.75, 3.05) is 13.2 Å². The molecular weight excluding hydrogens is 637 g/mol. The first-order valence-corrected chi connectivity index (χ1v) is 16.2. The van der Waals surface area contributed by atoms with Gasteiger partial charge in [0.15, 0.2) is 12.1 Å². The molecule has 0 spiro atoms. The van der Waals surface area contributed by atoms with Crippen LogP contribution < -0.4 is 5.32 Å². The van der Waals surface area contributed by atoms with Gasteiger partial charge in [0, 0.05) is 23.7 Å². The molecule has 5 atom stereocenters. The van der Waals surface area contributed by atoms with Crippen LogP contribution in [0.2, 0.25) is 0 Å². The van der Waals surface area contributed by atoms with Crippen LogP contribution in [0.1, 0.15) is 29.8 Å². The van der Waals surface area contributed by atoms with Crippen molar-refractivity contribution in [3.63, 3.8) is 0 Å². The summed E-state index contributed by atoms with van der Waals surface area (Å²) in [5.74, 6) is -3.11. The number of benzene rings is 3. The summed E-state index contributed by atoms with van der Waals surface area (Å²) in [6.07, 6.45) is -2.71. The Morgan fingerprint density at radius 2 is 1.87 bits per heavy atom. The van der Waals surface area contributed by atoms with E-state index >= 15 is 0 Å². The molecule has 47 heavy (non-hydrogen) atoms. The topological polar surface area (TPSA) is 168 Å². The molecule has 0 radical (unpaired) electrons. The summed E-state index contributed by atoms with van der Waals surface area (Å²) in [5, 5.41) is 25.9. The molecule has 2 saturated heterocycles. The number of non-ortho nitro benzene ring substituents is 1. The number of hydrogen-bond donors (Lipinski definition) is 2. The predicted octanol–water partition coefficient (Wildman–Crippen LogP) is 3.52. The fourth-order valence-corrected chi connectivity index (χ4v) is 7.19. The van der Waals surface area contributed by atoms with E-state index in [1.165, 1.54) is 22.3 Å². The zero-order chi connectivity index (χ0) is 33.5. The lowest BCUT2D eigenvalue weighted by Gasteiger charge is -2.49. The number of nitrogens with zero attached hydrogens (tertiary/aromatic N) is 2. The van der Waals surface area contributed by atoms with Gasteiger partial charge in [-0.1, -0.05) is 36.4 Å². The van der Waals surface area contributed by atoms with E-state index in [9.17, 15) is 32.8 Å². The van der Waals surface area contributed by atoms with Crippen LogP contribution in [0.25, 0.3) is 10.9 Å². The number of carbonyl (C=O) groups is 1. The summed E-state index contributed by atoms with van der Waals surface area (Å²) < 4.78 is 66.6. The number of carbonyl (C=O) groups excluding carboxylic acids is 1. The average Bonchev–Trinajstić information content (AvgIpc) is 3.43. The van der Waals surface area contributed by atoms with Gasteiger partial charge in [-0.05, 0) is 50.1 Å². The molecular formula is C32H32FN3O10S. The molecule has 15 heteroatoms. The molecule has 0 saturated carbocycles. The largest absolute Gasteiger partial charge is 0.388 e. The Hall–Kier alpha value is -4.25. The van der Waals surface area contributed by atoms with Crippen molar-refractivity contribution in [3.8, 4) is 0 Å². The zero-order valence-electron chi connectivity index (χ0n) is 25.3. The Bertz CT molecular complexity index is 1920. The number of fused-ring (bicyclic) bond motifs is 2. The molecule has 2 fully saturated rings. The summed E-state index contributed by atoms with van der Waals surface area (Å²) in [7, 11) is -3.91. The van der Waals surface area contributed by atoms with Crippen LogP contribution in [-0.4, -0.2) is 78.0 Å². The Kier molecular flexibility index (Phi) is 8.86. The van der Waals surface area contributed by atoms with E-state index in [-0.39, 0.29) is 24.5 Å². The smallest absolute Gasteiger partial charge is 0.270 e. The molecule has 2 aliphatic rings. The molecule has 1 amide bonds. The highest BCUT2D eigenvalue weighted by atomic mass is 32.2. The fourth-order valence-electron chi connectivity index (χ4n) is 5.78. The van der Waals surface area contributed by atoms with Gasteiger partial charge in [0.05, 0.1) is 34.1 Å². The monoisotopic (exact) mass is 669 g/mol. The molecule has 13 nitrogen and oxygen atoms in total. The van der Waals surface area contributed by atoms with Crippen molar-refractivity contribution in [2.24, 2.45) is 0 Å². The summed E-state index contributed by atoms with van der Waals surface area (Å²) in [6.45, 7) is 3.30. The minimum Gasteiger partial charge on any atom is -0.388 e. The van der Waals surface area contributed by atoms with Crippen molar-refractivity contribution in [1.82, 2.24) is 9.29 Å². The molecule has 0 aliphatic carbocycles. The van der Waals surface area contributed by atoms with Crippen molar-refractivity contribution < 1.29 is 46.6 Å². The van der Waals surface area contributed by atoms with Gasteiger partial charge in [0.2, 0.25) is 0 Å². The van der Waals surface area contributed by atoms with Crippen LogP contribution in [-0.2, 0) is 35.4 Å². The molecule has 248 valence electrons. The van der Waals surface area contributed by atoms with E-state index in [2.05, 4.69) is 5.32 Å². The Morgan fingerprint density at radius 1 is 1.15 bits per heavy atom. The number of hydrogen-bond acceptors (Lipinski definition) is 10. The van der Waals surface area contributed by atoms with Gasteiger partial charge >= 0.3 is 0 Å². The van der Waals surface area contributed by atoms with Crippen molar-refractivity contribution in [1.29, 1.82) is 0 Å². The van der Waals surface area contributed by atoms with Gasteiger partial charge in [-0.15, -0.1) is 0 Å². The minimum atomic E-state index is -3.91. The van der Waals surface area contributed by atoms with Crippen LogP contribution in [0.15, 0.2) is 83.9 Å². The average molecular weight is 670 g/mol. The third-order valence-electron chi connectivity index (χ3n) is 8.11. The first kappa shape index (κ1) is 32.7. The third kappa shape index (κ3) is 6.50. The second kappa shape index (κ2) is 12.7. The fraction of sp³-hybridized carbons (Fsp3) is 0.344. The molecule has 3 aromatic carbocycles. The summed E-state index contributed by atoms with van der Waals surface area (Å²) >= 11 is 0. The molecule has 2 N–H and O–H groups in total. The number of nitro benzene ring substituents is 1. The number of nitrogens with one attached hydrogen (secondary N) is 1. The lowest BCUT2D eigenvalue weighted by atomic mass is 9.95. The van der Waals surface area contributed by atoms with Crippen molar-refractivity contribution >= 4 is 32.5 Å². The minimum absolute atomic E-state index is 0.0413. The molecule has 4 aromatic rings. The van der Waals surface area contributed by atoms with Gasteiger partial charge in [0.1, 0.15) is 30.2 Å². The van der Waals surface area contributed by atoms with Crippen LogP contribution >= 0.6 is 0 Å². The number of aliphatic hydroxyl groups excluding tert-OH is 1. The zero-order valence-corrected chi connectivity index (χ0v) is 26.1. The molecule has 0 bridgehead atoms. The van der Waals surface area contributed by atoms with E-state index in [1.54, 1.807) is 56.3 Å². The maximum atomic E-state index is 14.6. The lowest BCUT2D eigenvalue weighted by Crippen LogP contribution is -2.68.